The van der Waals surface area contributed by atoms with Crippen molar-refractivity contribution in [2.45, 2.75) is 0 Å². The van der Waals surface area contributed by atoms with E-state index in [4.69, 9.17) is 21.1 Å². The Morgan fingerprint density at radius 1 is 1.07 bits per heavy atom. The number of halogens is 2. The van der Waals surface area contributed by atoms with Gasteiger partial charge < -0.3 is 14.8 Å². The Hall–Kier alpha value is -3.38. The van der Waals surface area contributed by atoms with Crippen LogP contribution in [0.5, 0.6) is 0 Å². The number of aromatic carboxylic acids is 1. The number of nitrogens with one attached hydrogen (secondary N) is 1. The van der Waals surface area contributed by atoms with E-state index in [1.165, 1.54) is 48.6 Å². The first kappa shape index (κ1) is 18.4. The molecule has 0 aliphatic rings. The molecular weight excluding hydrogens is 373 g/mol. The molecule has 0 saturated heterocycles. The Balaban J connectivity index is 1.65. The molecule has 0 aliphatic carbocycles. The minimum Gasteiger partial charge on any atom is -0.478 e. The Bertz CT molecular complexity index is 1020. The minimum absolute atomic E-state index is 0.00529. The number of anilines is 1. The van der Waals surface area contributed by atoms with Gasteiger partial charge in [0.25, 0.3) is 0 Å². The van der Waals surface area contributed by atoms with Crippen molar-refractivity contribution < 1.29 is 23.5 Å². The van der Waals surface area contributed by atoms with Gasteiger partial charge >= 0.3 is 5.97 Å². The molecule has 1 aromatic heterocycles. The van der Waals surface area contributed by atoms with E-state index in [1.54, 1.807) is 18.2 Å². The largest absolute Gasteiger partial charge is 0.478 e. The molecule has 0 fully saturated rings. The lowest BCUT2D eigenvalue weighted by atomic mass is 10.2. The highest BCUT2D eigenvalue weighted by Crippen LogP contribution is 2.27. The molecule has 136 valence electrons. The predicted octanol–water partition coefficient (Wildman–Crippen LogP) is 5.09. The second kappa shape index (κ2) is 7.88. The summed E-state index contributed by atoms with van der Waals surface area (Å²) in [6.07, 6.45) is 2.76. The molecule has 0 unspecified atom stereocenters. The summed E-state index contributed by atoms with van der Waals surface area (Å²) in [7, 11) is 0. The molecule has 0 spiro atoms. The molecule has 3 aromatic rings. The summed E-state index contributed by atoms with van der Waals surface area (Å²) < 4.78 is 18.8. The molecule has 0 bridgehead atoms. The van der Waals surface area contributed by atoms with Crippen LogP contribution in [0.15, 0.2) is 65.1 Å². The van der Waals surface area contributed by atoms with Crippen molar-refractivity contribution >= 4 is 35.2 Å². The van der Waals surface area contributed by atoms with Crippen LogP contribution >= 0.6 is 11.6 Å². The molecular formula is C20H13ClFNO4. The molecule has 0 atom stereocenters. The van der Waals surface area contributed by atoms with Gasteiger partial charge in [0.05, 0.1) is 10.6 Å². The van der Waals surface area contributed by atoms with Crippen molar-refractivity contribution in [2.24, 2.45) is 0 Å². The van der Waals surface area contributed by atoms with E-state index in [0.717, 1.165) is 0 Å². The number of hydrogen-bond acceptors (Lipinski definition) is 3. The molecule has 1 amide bonds. The van der Waals surface area contributed by atoms with Crippen LogP contribution < -0.4 is 5.32 Å². The van der Waals surface area contributed by atoms with Gasteiger partial charge in [-0.3, -0.25) is 4.79 Å². The summed E-state index contributed by atoms with van der Waals surface area (Å²) in [5, 5.41) is 11.5. The van der Waals surface area contributed by atoms with Crippen LogP contribution in [0, 0.1) is 5.82 Å². The molecule has 1 heterocycles. The third-order valence-corrected chi connectivity index (χ3v) is 3.92. The van der Waals surface area contributed by atoms with Crippen molar-refractivity contribution in [3.8, 4) is 11.3 Å². The summed E-state index contributed by atoms with van der Waals surface area (Å²) in [5.74, 6) is -1.03. The first-order valence-corrected chi connectivity index (χ1v) is 8.18. The number of rotatable bonds is 5. The average Bonchev–Trinajstić information content (AvgIpc) is 3.12. The number of furan rings is 1. The highest BCUT2D eigenvalue weighted by molar-refractivity contribution is 6.31. The Morgan fingerprint density at radius 3 is 2.48 bits per heavy atom. The number of hydrogen-bond donors (Lipinski definition) is 2. The fourth-order valence-electron chi connectivity index (χ4n) is 2.28. The summed E-state index contributed by atoms with van der Waals surface area (Å²) in [5.41, 5.74) is 1.22. The Morgan fingerprint density at radius 2 is 1.81 bits per heavy atom. The smallest absolute Gasteiger partial charge is 0.335 e. The van der Waals surface area contributed by atoms with E-state index in [2.05, 4.69) is 5.32 Å². The van der Waals surface area contributed by atoms with Crippen LogP contribution in [-0.4, -0.2) is 17.0 Å². The van der Waals surface area contributed by atoms with Gasteiger partial charge in [0.2, 0.25) is 5.91 Å². The number of benzene rings is 2. The zero-order chi connectivity index (χ0) is 19.4. The SMILES string of the molecule is O=C(/C=C/c1ccc(-c2ccc(F)c(Cl)c2)o1)Nc1ccc(C(=O)O)cc1. The zero-order valence-electron chi connectivity index (χ0n) is 13.8. The third kappa shape index (κ3) is 4.62. The molecule has 3 rings (SSSR count). The lowest BCUT2D eigenvalue weighted by Gasteiger charge is -2.02. The quantitative estimate of drug-likeness (QED) is 0.599. The van der Waals surface area contributed by atoms with Crippen LogP contribution in [0.2, 0.25) is 5.02 Å². The highest BCUT2D eigenvalue weighted by Gasteiger charge is 2.07. The minimum atomic E-state index is -1.04. The maximum Gasteiger partial charge on any atom is 0.335 e. The van der Waals surface area contributed by atoms with Gasteiger partial charge in [0, 0.05) is 17.3 Å². The van der Waals surface area contributed by atoms with Crippen LogP contribution in [0.25, 0.3) is 17.4 Å². The van der Waals surface area contributed by atoms with Gasteiger partial charge in [-0.15, -0.1) is 0 Å². The highest BCUT2D eigenvalue weighted by atomic mass is 35.5. The molecule has 0 saturated carbocycles. The number of carboxylic acids is 1. The lowest BCUT2D eigenvalue weighted by molar-refractivity contribution is -0.111. The van der Waals surface area contributed by atoms with Gasteiger partial charge in [-0.05, 0) is 60.7 Å². The summed E-state index contributed by atoms with van der Waals surface area (Å²) in [6.45, 7) is 0. The van der Waals surface area contributed by atoms with Crippen molar-refractivity contribution in [1.82, 2.24) is 0 Å². The molecule has 0 radical (unpaired) electrons. The molecule has 27 heavy (non-hydrogen) atoms. The van der Waals surface area contributed by atoms with Crippen LogP contribution in [0.4, 0.5) is 10.1 Å². The molecule has 2 N–H and O–H groups in total. The average molecular weight is 386 g/mol. The molecule has 2 aromatic carbocycles. The Kier molecular flexibility index (Phi) is 5.38. The number of carbonyl (C=O) groups excluding carboxylic acids is 1. The maximum absolute atomic E-state index is 13.2. The van der Waals surface area contributed by atoms with E-state index in [9.17, 15) is 14.0 Å². The molecule has 7 heteroatoms. The standard InChI is InChI=1S/C20H13ClFNO4/c21-16-11-13(3-8-17(16)22)18-9-6-15(27-18)7-10-19(24)23-14-4-1-12(2-5-14)20(25)26/h1-11H,(H,23,24)(H,25,26)/b10-7+. The van der Waals surface area contributed by atoms with Gasteiger partial charge in [-0.25, -0.2) is 9.18 Å². The predicted molar refractivity (Wildman–Crippen MR) is 100 cm³/mol. The van der Waals surface area contributed by atoms with E-state index >= 15 is 0 Å². The van der Waals surface area contributed by atoms with Crippen LogP contribution in [0.1, 0.15) is 16.1 Å². The van der Waals surface area contributed by atoms with Crippen molar-refractivity contribution in [1.29, 1.82) is 0 Å². The summed E-state index contributed by atoms with van der Waals surface area (Å²) >= 11 is 5.76. The van der Waals surface area contributed by atoms with E-state index in [-0.39, 0.29) is 10.6 Å². The van der Waals surface area contributed by atoms with Gasteiger partial charge in [-0.2, -0.15) is 0 Å². The number of carbonyl (C=O) groups is 2. The van der Waals surface area contributed by atoms with Gasteiger partial charge in [0.15, 0.2) is 0 Å². The summed E-state index contributed by atoms with van der Waals surface area (Å²) in [6, 6.07) is 13.4. The van der Waals surface area contributed by atoms with Gasteiger partial charge in [-0.1, -0.05) is 11.6 Å². The van der Waals surface area contributed by atoms with E-state index in [1.807, 2.05) is 0 Å². The normalized spacial score (nSPS) is 10.9. The number of amides is 1. The third-order valence-electron chi connectivity index (χ3n) is 3.63. The first-order chi connectivity index (χ1) is 12.9. The molecule has 0 aliphatic heterocycles. The topological polar surface area (TPSA) is 79.5 Å². The summed E-state index contributed by atoms with van der Waals surface area (Å²) in [4.78, 5) is 22.7. The maximum atomic E-state index is 13.2. The van der Waals surface area contributed by atoms with Crippen molar-refractivity contribution in [2.75, 3.05) is 5.32 Å². The van der Waals surface area contributed by atoms with Crippen LogP contribution in [0.3, 0.4) is 0 Å². The Labute approximate surface area is 158 Å². The zero-order valence-corrected chi connectivity index (χ0v) is 14.5. The number of carboxylic acid groups (broad SMARTS) is 1. The van der Waals surface area contributed by atoms with E-state index < -0.39 is 17.7 Å². The van der Waals surface area contributed by atoms with Crippen molar-refractivity contribution in [3.63, 3.8) is 0 Å². The second-order valence-corrected chi connectivity index (χ2v) is 5.94. The van der Waals surface area contributed by atoms with Gasteiger partial charge in [0.1, 0.15) is 17.3 Å². The lowest BCUT2D eigenvalue weighted by Crippen LogP contribution is -2.07. The van der Waals surface area contributed by atoms with Crippen LogP contribution in [-0.2, 0) is 4.79 Å². The second-order valence-electron chi connectivity index (χ2n) is 5.54. The first-order valence-electron chi connectivity index (χ1n) is 7.80. The molecule has 5 nitrogen and oxygen atoms in total. The fourth-order valence-corrected chi connectivity index (χ4v) is 2.47. The monoisotopic (exact) mass is 385 g/mol. The van der Waals surface area contributed by atoms with E-state index in [0.29, 0.717) is 22.8 Å². The fraction of sp³-hybridized carbons (Fsp3) is 0. The van der Waals surface area contributed by atoms with Crippen molar-refractivity contribution in [3.05, 3.63) is 82.8 Å².